The summed E-state index contributed by atoms with van der Waals surface area (Å²) in [6.07, 6.45) is 3.86. The van der Waals surface area contributed by atoms with E-state index in [4.69, 9.17) is 0 Å². The quantitative estimate of drug-likeness (QED) is 0.370. The summed E-state index contributed by atoms with van der Waals surface area (Å²) in [5, 5.41) is 5.93. The first kappa shape index (κ1) is 6.56. The van der Waals surface area contributed by atoms with Crippen molar-refractivity contribution in [2.75, 3.05) is 7.05 Å². The summed E-state index contributed by atoms with van der Waals surface area (Å²) in [5.74, 6) is 0. The summed E-state index contributed by atoms with van der Waals surface area (Å²) in [7, 11) is 2.74. The molecular formula is C4H11BN2. The SMILES string of the molecule is C/C=C\NBNC. The summed E-state index contributed by atoms with van der Waals surface area (Å²) in [6, 6.07) is 0. The van der Waals surface area contributed by atoms with Crippen molar-refractivity contribution in [1.82, 2.24) is 10.5 Å². The monoisotopic (exact) mass is 98.1 g/mol. The second-order valence-corrected chi connectivity index (χ2v) is 1.23. The Hall–Kier alpha value is -0.435. The van der Waals surface area contributed by atoms with Crippen LogP contribution in [0.4, 0.5) is 0 Å². The second kappa shape index (κ2) is 5.56. The Bertz CT molecular complexity index is 53.7. The molecule has 0 saturated carbocycles. The van der Waals surface area contributed by atoms with Crippen LogP contribution >= 0.6 is 0 Å². The largest absolute Gasteiger partial charge is 0.424 e. The molecule has 3 heteroatoms. The Balaban J connectivity index is 2.69. The van der Waals surface area contributed by atoms with Crippen molar-refractivity contribution in [3.05, 3.63) is 12.3 Å². The number of hydrogen-bond acceptors (Lipinski definition) is 2. The lowest BCUT2D eigenvalue weighted by Gasteiger charge is -1.90. The lowest BCUT2D eigenvalue weighted by atomic mass is 10.2. The van der Waals surface area contributed by atoms with Gasteiger partial charge < -0.3 is 10.5 Å². The molecule has 0 amide bonds. The molecule has 2 nitrogen and oxygen atoms in total. The Labute approximate surface area is 45.3 Å². The van der Waals surface area contributed by atoms with Crippen LogP contribution in [-0.2, 0) is 0 Å². The van der Waals surface area contributed by atoms with E-state index in [2.05, 4.69) is 10.5 Å². The van der Waals surface area contributed by atoms with Gasteiger partial charge in [0.05, 0.1) is 0 Å². The van der Waals surface area contributed by atoms with Gasteiger partial charge >= 0.3 is 7.55 Å². The third-order valence-corrected chi connectivity index (χ3v) is 0.563. The Morgan fingerprint density at radius 1 is 1.57 bits per heavy atom. The molecule has 0 radical (unpaired) electrons. The molecule has 0 spiro atoms. The first-order chi connectivity index (χ1) is 3.41. The number of nitrogens with one attached hydrogen (secondary N) is 2. The zero-order valence-corrected chi connectivity index (χ0v) is 4.86. The highest BCUT2D eigenvalue weighted by Crippen LogP contribution is 1.55. The average Bonchev–Trinajstić information content (AvgIpc) is 1.69. The van der Waals surface area contributed by atoms with Crippen molar-refractivity contribution in [3.8, 4) is 0 Å². The maximum absolute atomic E-state index is 2.99. The van der Waals surface area contributed by atoms with Gasteiger partial charge in [-0.1, -0.05) is 6.08 Å². The predicted molar refractivity (Wildman–Crippen MR) is 34.2 cm³/mol. The molecular weight excluding hydrogens is 86.9 g/mol. The first-order valence-corrected chi connectivity index (χ1v) is 2.41. The van der Waals surface area contributed by atoms with E-state index in [0.717, 1.165) is 7.55 Å². The highest BCUT2D eigenvalue weighted by Gasteiger charge is 1.72. The van der Waals surface area contributed by atoms with Gasteiger partial charge in [-0.25, -0.2) is 0 Å². The Morgan fingerprint density at radius 2 is 2.29 bits per heavy atom. The van der Waals surface area contributed by atoms with Crippen LogP contribution < -0.4 is 10.5 Å². The van der Waals surface area contributed by atoms with Crippen molar-refractivity contribution < 1.29 is 0 Å². The third kappa shape index (κ3) is 5.56. The Morgan fingerprint density at radius 3 is 2.71 bits per heavy atom. The highest BCUT2D eigenvalue weighted by atomic mass is 14.9. The third-order valence-electron chi connectivity index (χ3n) is 0.563. The maximum Gasteiger partial charge on any atom is 0.318 e. The van der Waals surface area contributed by atoms with Crippen molar-refractivity contribution in [2.24, 2.45) is 0 Å². The minimum Gasteiger partial charge on any atom is -0.424 e. The summed E-state index contributed by atoms with van der Waals surface area (Å²) in [4.78, 5) is 0. The zero-order valence-electron chi connectivity index (χ0n) is 4.86. The van der Waals surface area contributed by atoms with E-state index in [1.807, 2.05) is 26.2 Å². The van der Waals surface area contributed by atoms with Gasteiger partial charge in [-0.2, -0.15) is 0 Å². The zero-order chi connectivity index (χ0) is 5.54. The minimum atomic E-state index is 0.838. The summed E-state index contributed by atoms with van der Waals surface area (Å²) >= 11 is 0. The van der Waals surface area contributed by atoms with Crippen LogP contribution in [0, 0.1) is 0 Å². The van der Waals surface area contributed by atoms with Crippen molar-refractivity contribution in [1.29, 1.82) is 0 Å². The molecule has 2 N–H and O–H groups in total. The molecule has 0 saturated heterocycles. The predicted octanol–water partition coefficient (Wildman–Crippen LogP) is -0.405. The first-order valence-electron chi connectivity index (χ1n) is 2.41. The van der Waals surface area contributed by atoms with E-state index >= 15 is 0 Å². The van der Waals surface area contributed by atoms with E-state index in [1.54, 1.807) is 0 Å². The van der Waals surface area contributed by atoms with Gasteiger partial charge in [0.25, 0.3) is 0 Å². The van der Waals surface area contributed by atoms with E-state index < -0.39 is 0 Å². The van der Waals surface area contributed by atoms with Gasteiger partial charge in [0, 0.05) is 0 Å². The molecule has 0 bridgehead atoms. The molecule has 0 fully saturated rings. The summed E-state index contributed by atoms with van der Waals surface area (Å²) in [6.45, 7) is 1.97. The molecule has 0 aromatic carbocycles. The molecule has 0 aromatic heterocycles. The maximum atomic E-state index is 2.99. The van der Waals surface area contributed by atoms with Crippen LogP contribution in [-0.4, -0.2) is 14.6 Å². The lowest BCUT2D eigenvalue weighted by Crippen LogP contribution is -2.25. The van der Waals surface area contributed by atoms with Gasteiger partial charge in [-0.05, 0) is 20.2 Å². The van der Waals surface area contributed by atoms with Crippen LogP contribution in [0.5, 0.6) is 0 Å². The molecule has 0 heterocycles. The van der Waals surface area contributed by atoms with E-state index in [9.17, 15) is 0 Å². The van der Waals surface area contributed by atoms with Crippen LogP contribution in [0.1, 0.15) is 6.92 Å². The highest BCUT2D eigenvalue weighted by molar-refractivity contribution is 6.28. The minimum absolute atomic E-state index is 0.838. The summed E-state index contributed by atoms with van der Waals surface area (Å²) < 4.78 is 0. The Kier molecular flexibility index (Phi) is 5.22. The summed E-state index contributed by atoms with van der Waals surface area (Å²) in [5.41, 5.74) is 0. The molecule has 40 valence electrons. The van der Waals surface area contributed by atoms with Crippen LogP contribution in [0.2, 0.25) is 0 Å². The van der Waals surface area contributed by atoms with E-state index in [0.29, 0.717) is 0 Å². The fourth-order valence-corrected chi connectivity index (χ4v) is 0.279. The molecule has 7 heavy (non-hydrogen) atoms. The number of rotatable bonds is 3. The average molecular weight is 98.0 g/mol. The molecule has 0 aromatic rings. The number of allylic oxidation sites excluding steroid dienone is 1. The standard InChI is InChI=1S/C4H11BN2/c1-3-4-7-5-6-2/h3-7H,1-2H3/b4-3-. The van der Waals surface area contributed by atoms with Crippen LogP contribution in [0.3, 0.4) is 0 Å². The van der Waals surface area contributed by atoms with Gasteiger partial charge in [0.1, 0.15) is 0 Å². The molecule has 0 aliphatic rings. The molecule has 0 atom stereocenters. The van der Waals surface area contributed by atoms with Gasteiger partial charge in [-0.3, -0.25) is 0 Å². The normalized spacial score (nSPS) is 9.43. The van der Waals surface area contributed by atoms with E-state index in [1.165, 1.54) is 0 Å². The fourth-order valence-electron chi connectivity index (χ4n) is 0.279. The topological polar surface area (TPSA) is 24.1 Å². The van der Waals surface area contributed by atoms with Crippen molar-refractivity contribution >= 4 is 7.55 Å². The van der Waals surface area contributed by atoms with Gasteiger partial charge in [-0.15, -0.1) is 0 Å². The number of hydrogen-bond donors (Lipinski definition) is 2. The smallest absolute Gasteiger partial charge is 0.318 e. The van der Waals surface area contributed by atoms with Gasteiger partial charge in [0.15, 0.2) is 0 Å². The van der Waals surface area contributed by atoms with E-state index in [-0.39, 0.29) is 0 Å². The molecule has 0 rings (SSSR count). The van der Waals surface area contributed by atoms with Crippen LogP contribution in [0.25, 0.3) is 0 Å². The second-order valence-electron chi connectivity index (χ2n) is 1.23. The molecule has 0 aliphatic heterocycles. The molecule has 0 aliphatic carbocycles. The van der Waals surface area contributed by atoms with Crippen molar-refractivity contribution in [2.45, 2.75) is 6.92 Å². The molecule has 0 unspecified atom stereocenters. The lowest BCUT2D eigenvalue weighted by molar-refractivity contribution is 1.17. The van der Waals surface area contributed by atoms with Crippen LogP contribution in [0.15, 0.2) is 12.3 Å². The van der Waals surface area contributed by atoms with Crippen molar-refractivity contribution in [3.63, 3.8) is 0 Å². The van der Waals surface area contributed by atoms with Gasteiger partial charge in [0.2, 0.25) is 0 Å². The fraction of sp³-hybridized carbons (Fsp3) is 0.500.